The number of ether oxygens (including phenoxy) is 4. The fourth-order valence-corrected chi connectivity index (χ4v) is 6.31. The average molecular weight is 699 g/mol. The van der Waals surface area contributed by atoms with Gasteiger partial charge < -0.3 is 29.4 Å². The standard InChI is InChI=1S/C38H42N4O9/c1-19-20(2)26-18-32-38(3,4)37(47)31(42-32)17-30-24(14-36(46)51-8)22(10-12-34(44)49-6)28(41-30)16-27-21(9-11-33(43)48-5)23(13-35(45)50-7)29(40-27)15-25(19)39-26/h15-18,42,47H,9-14H2,1-8H3. The first-order valence-corrected chi connectivity index (χ1v) is 16.5. The molecule has 5 heterocycles. The molecule has 0 unspecified atom stereocenters. The number of esters is 4. The molecule has 8 bridgehead atoms. The second-order valence-corrected chi connectivity index (χ2v) is 13.0. The zero-order valence-corrected chi connectivity index (χ0v) is 30.1. The van der Waals surface area contributed by atoms with Crippen molar-refractivity contribution < 1.29 is 43.2 Å². The Balaban J connectivity index is 1.83. The summed E-state index contributed by atoms with van der Waals surface area (Å²) in [6.07, 6.45) is 7.11. The average Bonchev–Trinajstić information content (AvgIpc) is 3.75. The minimum absolute atomic E-state index is 0.00622. The van der Waals surface area contributed by atoms with E-state index < -0.39 is 29.3 Å². The summed E-state index contributed by atoms with van der Waals surface area (Å²) in [7, 11) is 5.18. The van der Waals surface area contributed by atoms with Gasteiger partial charge in [0.15, 0.2) is 0 Å². The molecule has 268 valence electrons. The van der Waals surface area contributed by atoms with Crippen LogP contribution in [-0.2, 0) is 38.1 Å². The highest BCUT2D eigenvalue weighted by Gasteiger charge is 2.39. The Kier molecular flexibility index (Phi) is 10.6. The van der Waals surface area contributed by atoms with E-state index >= 15 is 0 Å². The van der Waals surface area contributed by atoms with Gasteiger partial charge in [-0.1, -0.05) is 0 Å². The molecule has 5 aliphatic rings. The quantitative estimate of drug-likeness (QED) is 0.226. The van der Waals surface area contributed by atoms with E-state index in [0.717, 1.165) is 11.1 Å². The second kappa shape index (κ2) is 14.7. The minimum Gasteiger partial charge on any atom is -0.509 e. The SMILES string of the molecule is COC(=O)CCC1=C(CC(=O)OC)C2=NC1=CC1=NC(=CC3=C(O)C(C)(C)C(=CC4=NC(=C2)C(C)=C4C)N3)C(CC(=O)OC)=C1CCC(=O)OC. The molecule has 2 N–H and O–H groups in total. The molecule has 0 radical (unpaired) electrons. The van der Waals surface area contributed by atoms with Crippen LogP contribution in [0.2, 0.25) is 0 Å². The summed E-state index contributed by atoms with van der Waals surface area (Å²) < 4.78 is 19.9. The van der Waals surface area contributed by atoms with E-state index in [1.54, 1.807) is 18.2 Å². The number of hydrogen-bond donors (Lipinski definition) is 2. The lowest BCUT2D eigenvalue weighted by Gasteiger charge is -2.20. The molecule has 5 rings (SSSR count). The van der Waals surface area contributed by atoms with Gasteiger partial charge in [0.25, 0.3) is 0 Å². The Hall–Kier alpha value is -5.59. The Morgan fingerprint density at radius 1 is 0.627 bits per heavy atom. The number of carbonyl (C=O) groups excluding carboxylic acids is 4. The smallest absolute Gasteiger partial charge is 0.310 e. The molecule has 0 saturated heterocycles. The number of nitrogens with one attached hydrogen (secondary N) is 1. The first-order chi connectivity index (χ1) is 24.2. The van der Waals surface area contributed by atoms with Crippen molar-refractivity contribution in [2.75, 3.05) is 28.4 Å². The number of hydrogen-bond acceptors (Lipinski definition) is 13. The number of aliphatic imine (C=N–C) groups is 3. The van der Waals surface area contributed by atoms with Crippen LogP contribution in [0.15, 0.2) is 107 Å². The third kappa shape index (κ3) is 7.33. The molecule has 13 heteroatoms. The number of nitrogens with zero attached hydrogens (tertiary/aromatic N) is 3. The molecule has 0 saturated carbocycles. The maximum absolute atomic E-state index is 12.8. The molecule has 0 amide bonds. The maximum atomic E-state index is 12.8. The van der Waals surface area contributed by atoms with Gasteiger partial charge in [0.2, 0.25) is 0 Å². The predicted molar refractivity (Wildman–Crippen MR) is 189 cm³/mol. The van der Waals surface area contributed by atoms with E-state index in [2.05, 4.69) is 5.32 Å². The number of aliphatic hydroxyl groups is 1. The molecule has 0 aromatic rings. The van der Waals surface area contributed by atoms with Crippen LogP contribution < -0.4 is 5.32 Å². The second-order valence-electron chi connectivity index (χ2n) is 13.0. The molecule has 0 aromatic carbocycles. The highest BCUT2D eigenvalue weighted by atomic mass is 16.5. The molecule has 13 nitrogen and oxygen atoms in total. The molecule has 5 aliphatic heterocycles. The molecule has 51 heavy (non-hydrogen) atoms. The summed E-state index contributed by atoms with van der Waals surface area (Å²) in [5, 5.41) is 14.9. The van der Waals surface area contributed by atoms with Crippen molar-refractivity contribution in [3.63, 3.8) is 0 Å². The lowest BCUT2D eigenvalue weighted by molar-refractivity contribution is -0.141. The number of carbonyl (C=O) groups is 4. The highest BCUT2D eigenvalue weighted by Crippen LogP contribution is 2.43. The molecular weight excluding hydrogens is 656 g/mol. The third-order valence-electron chi connectivity index (χ3n) is 9.63. The van der Waals surface area contributed by atoms with Crippen molar-refractivity contribution >= 4 is 41.0 Å². The normalized spacial score (nSPS) is 19.1. The van der Waals surface area contributed by atoms with Gasteiger partial charge in [-0.3, -0.25) is 19.2 Å². The first kappa shape index (κ1) is 36.7. The number of methoxy groups -OCH3 is 4. The third-order valence-corrected chi connectivity index (χ3v) is 9.63. The summed E-state index contributed by atoms with van der Waals surface area (Å²) in [5.74, 6) is -1.86. The van der Waals surface area contributed by atoms with Crippen LogP contribution in [0.1, 0.15) is 66.2 Å². The first-order valence-electron chi connectivity index (χ1n) is 16.5. The Labute approximate surface area is 296 Å². The molecular formula is C38H42N4O9. The molecule has 0 aromatic heterocycles. The molecule has 0 atom stereocenters. The van der Waals surface area contributed by atoms with Crippen molar-refractivity contribution in [3.8, 4) is 0 Å². The van der Waals surface area contributed by atoms with Crippen LogP contribution in [0, 0.1) is 5.41 Å². The molecule has 0 fully saturated rings. The van der Waals surface area contributed by atoms with Gasteiger partial charge in [0, 0.05) is 18.5 Å². The zero-order valence-electron chi connectivity index (χ0n) is 30.1. The maximum Gasteiger partial charge on any atom is 0.310 e. The summed E-state index contributed by atoms with van der Waals surface area (Å²) >= 11 is 0. The van der Waals surface area contributed by atoms with E-state index in [4.69, 9.17) is 33.9 Å². The van der Waals surface area contributed by atoms with E-state index in [1.165, 1.54) is 28.4 Å². The predicted octanol–water partition coefficient (Wildman–Crippen LogP) is 5.26. The minimum atomic E-state index is -0.829. The summed E-state index contributed by atoms with van der Waals surface area (Å²) in [4.78, 5) is 65.2. The fourth-order valence-electron chi connectivity index (χ4n) is 6.31. The van der Waals surface area contributed by atoms with Crippen molar-refractivity contribution in [1.29, 1.82) is 0 Å². The lowest BCUT2D eigenvalue weighted by atomic mass is 9.87. The van der Waals surface area contributed by atoms with Crippen molar-refractivity contribution in [1.82, 2.24) is 5.32 Å². The van der Waals surface area contributed by atoms with Crippen molar-refractivity contribution in [3.05, 3.63) is 92.0 Å². The van der Waals surface area contributed by atoms with E-state index in [9.17, 15) is 24.3 Å². The van der Waals surface area contributed by atoms with Gasteiger partial charge in [-0.15, -0.1) is 0 Å². The number of aliphatic hydroxyl groups excluding tert-OH is 1. The topological polar surface area (TPSA) is 175 Å². The number of fused-ring (bicyclic) bond motifs is 5. The van der Waals surface area contributed by atoms with Crippen LogP contribution in [0.5, 0.6) is 0 Å². The van der Waals surface area contributed by atoms with Gasteiger partial charge >= 0.3 is 23.9 Å². The summed E-state index contributed by atoms with van der Waals surface area (Å²) in [5.41, 5.74) is 7.27. The Morgan fingerprint density at radius 2 is 1.12 bits per heavy atom. The summed E-state index contributed by atoms with van der Waals surface area (Å²) in [6, 6.07) is 0. The molecule has 0 aliphatic carbocycles. The lowest BCUT2D eigenvalue weighted by Crippen LogP contribution is -2.19. The molecule has 0 spiro atoms. The van der Waals surface area contributed by atoms with Gasteiger partial charge in [0.1, 0.15) is 5.76 Å². The largest absolute Gasteiger partial charge is 0.509 e. The zero-order chi connectivity index (χ0) is 37.2. The number of rotatable bonds is 10. The van der Waals surface area contributed by atoms with E-state index in [-0.39, 0.29) is 44.3 Å². The van der Waals surface area contributed by atoms with Crippen molar-refractivity contribution in [2.45, 2.75) is 66.2 Å². The van der Waals surface area contributed by atoms with Crippen LogP contribution in [-0.4, -0.2) is 74.6 Å². The Bertz CT molecular complexity index is 1970. The number of allylic oxidation sites excluding steroid dienone is 9. The van der Waals surface area contributed by atoms with Crippen molar-refractivity contribution in [2.24, 2.45) is 20.4 Å². The monoisotopic (exact) mass is 698 g/mol. The Morgan fingerprint density at radius 3 is 1.71 bits per heavy atom. The van der Waals surface area contributed by atoms with Gasteiger partial charge in [0.05, 0.1) is 86.6 Å². The van der Waals surface area contributed by atoms with Crippen LogP contribution in [0.3, 0.4) is 0 Å². The van der Waals surface area contributed by atoms with Crippen LogP contribution in [0.4, 0.5) is 0 Å². The van der Waals surface area contributed by atoms with Gasteiger partial charge in [-0.05, 0) is 98.3 Å². The van der Waals surface area contributed by atoms with E-state index in [1.807, 2.05) is 33.8 Å². The van der Waals surface area contributed by atoms with Gasteiger partial charge in [-0.25, -0.2) is 15.0 Å². The van der Waals surface area contributed by atoms with E-state index in [0.29, 0.717) is 67.9 Å². The fraction of sp³-hybridized carbons (Fsp3) is 0.395. The van der Waals surface area contributed by atoms with Crippen LogP contribution >= 0.6 is 0 Å². The highest BCUT2D eigenvalue weighted by molar-refractivity contribution is 6.19. The summed E-state index contributed by atoms with van der Waals surface area (Å²) in [6.45, 7) is 7.67. The van der Waals surface area contributed by atoms with Crippen LogP contribution in [0.25, 0.3) is 0 Å². The van der Waals surface area contributed by atoms with Gasteiger partial charge in [-0.2, -0.15) is 0 Å².